The van der Waals surface area contributed by atoms with Crippen LogP contribution < -0.4 is 14.8 Å². The van der Waals surface area contributed by atoms with Crippen LogP contribution >= 0.6 is 0 Å². The van der Waals surface area contributed by atoms with Crippen molar-refractivity contribution < 1.29 is 22.7 Å². The van der Waals surface area contributed by atoms with Gasteiger partial charge in [-0.25, -0.2) is 12.7 Å². The largest absolute Gasteiger partial charge is 0.490 e. The fraction of sp³-hybridized carbons (Fsp3) is 0.562. The lowest BCUT2D eigenvalue weighted by Gasteiger charge is -2.17. The average molecular weight is 358 g/mol. The number of hydrogen-bond acceptors (Lipinski definition) is 5. The van der Waals surface area contributed by atoms with E-state index < -0.39 is 10.0 Å². The molecule has 0 radical (unpaired) electrons. The Labute approximate surface area is 144 Å². The van der Waals surface area contributed by atoms with Gasteiger partial charge in [-0.1, -0.05) is 19.1 Å². The van der Waals surface area contributed by atoms with E-state index in [4.69, 9.17) is 9.47 Å². The van der Waals surface area contributed by atoms with Crippen LogP contribution in [0.25, 0.3) is 0 Å². The van der Waals surface area contributed by atoms with Crippen LogP contribution in [0.2, 0.25) is 0 Å². The first-order chi connectivity index (χ1) is 11.4. The molecule has 0 spiro atoms. The molecular weight excluding hydrogens is 332 g/mol. The summed E-state index contributed by atoms with van der Waals surface area (Å²) in [5.41, 5.74) is 0. The van der Waals surface area contributed by atoms with Gasteiger partial charge in [-0.3, -0.25) is 4.79 Å². The minimum atomic E-state index is -3.19. The van der Waals surface area contributed by atoms with Gasteiger partial charge in [-0.15, -0.1) is 0 Å². The summed E-state index contributed by atoms with van der Waals surface area (Å²) in [7, 11) is -3.19. The van der Waals surface area contributed by atoms with Crippen LogP contribution in [-0.2, 0) is 14.8 Å². The van der Waals surface area contributed by atoms with E-state index in [1.165, 1.54) is 10.6 Å². The Morgan fingerprint density at radius 3 is 2.33 bits per heavy atom. The Morgan fingerprint density at radius 2 is 1.79 bits per heavy atom. The third-order valence-corrected chi connectivity index (χ3v) is 4.61. The highest BCUT2D eigenvalue weighted by Gasteiger charge is 2.13. The molecule has 8 heteroatoms. The van der Waals surface area contributed by atoms with Crippen LogP contribution in [0.5, 0.6) is 11.5 Å². The van der Waals surface area contributed by atoms with Gasteiger partial charge in [0.05, 0.1) is 12.9 Å². The van der Waals surface area contributed by atoms with Crippen LogP contribution in [0, 0.1) is 0 Å². The quantitative estimate of drug-likeness (QED) is 0.602. The van der Waals surface area contributed by atoms with Gasteiger partial charge in [0.25, 0.3) is 5.91 Å². The van der Waals surface area contributed by atoms with Gasteiger partial charge < -0.3 is 14.8 Å². The highest BCUT2D eigenvalue weighted by molar-refractivity contribution is 7.88. The number of rotatable bonds is 11. The van der Waals surface area contributed by atoms with Gasteiger partial charge in [0, 0.05) is 19.6 Å². The van der Waals surface area contributed by atoms with Gasteiger partial charge in [0.1, 0.15) is 0 Å². The summed E-state index contributed by atoms with van der Waals surface area (Å²) in [6.07, 6.45) is 1.72. The van der Waals surface area contributed by atoms with E-state index in [1.807, 2.05) is 13.0 Å². The molecule has 0 aliphatic rings. The smallest absolute Gasteiger partial charge is 0.257 e. The molecule has 0 bridgehead atoms. The number of hydrogen-bond donors (Lipinski definition) is 1. The van der Waals surface area contributed by atoms with Crippen molar-refractivity contribution in [2.45, 2.75) is 20.3 Å². The maximum Gasteiger partial charge on any atom is 0.257 e. The van der Waals surface area contributed by atoms with E-state index in [0.717, 1.165) is 0 Å². The molecule has 0 unspecified atom stereocenters. The molecule has 136 valence electrons. The van der Waals surface area contributed by atoms with E-state index >= 15 is 0 Å². The number of amides is 1. The Bertz CT molecular complexity index is 619. The molecule has 0 atom stereocenters. The summed E-state index contributed by atoms with van der Waals surface area (Å²) in [6, 6.07) is 7.16. The van der Waals surface area contributed by atoms with Gasteiger partial charge in [-0.2, -0.15) is 0 Å². The summed E-state index contributed by atoms with van der Waals surface area (Å²) >= 11 is 0. The minimum Gasteiger partial charge on any atom is -0.490 e. The standard InChI is InChI=1S/C16H26N2O5S/c1-4-18(24(3,20)21)12-8-11-17-16(19)13-23-15-10-7-6-9-14(15)22-5-2/h6-7,9-10H,4-5,8,11-13H2,1-3H3,(H,17,19). The highest BCUT2D eigenvalue weighted by atomic mass is 32.2. The number of benzene rings is 1. The lowest BCUT2D eigenvalue weighted by atomic mass is 10.3. The van der Waals surface area contributed by atoms with E-state index in [0.29, 0.717) is 44.2 Å². The number of para-hydroxylation sites is 2. The predicted octanol–water partition coefficient (Wildman–Crippen LogP) is 1.25. The first kappa shape index (κ1) is 20.2. The van der Waals surface area contributed by atoms with Crippen molar-refractivity contribution in [3.05, 3.63) is 24.3 Å². The third-order valence-electron chi connectivity index (χ3n) is 3.24. The Hall–Kier alpha value is -1.80. The maximum absolute atomic E-state index is 11.8. The molecule has 24 heavy (non-hydrogen) atoms. The molecule has 1 aromatic carbocycles. The fourth-order valence-corrected chi connectivity index (χ4v) is 3.01. The molecule has 1 N–H and O–H groups in total. The number of nitrogens with zero attached hydrogens (tertiary/aromatic N) is 1. The van der Waals surface area contributed by atoms with Crippen molar-refractivity contribution in [1.82, 2.24) is 9.62 Å². The number of carbonyl (C=O) groups is 1. The number of ether oxygens (including phenoxy) is 2. The van der Waals surface area contributed by atoms with Crippen molar-refractivity contribution in [2.24, 2.45) is 0 Å². The van der Waals surface area contributed by atoms with Gasteiger partial charge >= 0.3 is 0 Å². The first-order valence-corrected chi connectivity index (χ1v) is 9.79. The average Bonchev–Trinajstić information content (AvgIpc) is 2.53. The maximum atomic E-state index is 11.8. The molecule has 7 nitrogen and oxygen atoms in total. The summed E-state index contributed by atoms with van der Waals surface area (Å²) in [5, 5.41) is 2.71. The normalized spacial score (nSPS) is 11.3. The zero-order valence-electron chi connectivity index (χ0n) is 14.4. The van der Waals surface area contributed by atoms with E-state index in [2.05, 4.69) is 5.32 Å². The zero-order chi connectivity index (χ0) is 18.0. The van der Waals surface area contributed by atoms with Gasteiger partial charge in [0.2, 0.25) is 10.0 Å². The lowest BCUT2D eigenvalue weighted by molar-refractivity contribution is -0.123. The molecule has 0 aliphatic heterocycles. The summed E-state index contributed by atoms with van der Waals surface area (Å²) < 4.78 is 35.1. The molecule has 0 heterocycles. The monoisotopic (exact) mass is 358 g/mol. The topological polar surface area (TPSA) is 84.9 Å². The second-order valence-electron chi connectivity index (χ2n) is 5.13. The van der Waals surface area contributed by atoms with E-state index in [-0.39, 0.29) is 12.5 Å². The predicted molar refractivity (Wildman–Crippen MR) is 92.8 cm³/mol. The van der Waals surface area contributed by atoms with Crippen LogP contribution in [0.15, 0.2) is 24.3 Å². The second kappa shape index (κ2) is 10.1. The Morgan fingerprint density at radius 1 is 1.17 bits per heavy atom. The summed E-state index contributed by atoms with van der Waals surface area (Å²) in [4.78, 5) is 11.8. The molecule has 0 aromatic heterocycles. The van der Waals surface area contributed by atoms with Crippen molar-refractivity contribution in [1.29, 1.82) is 0 Å². The number of carbonyl (C=O) groups excluding carboxylic acids is 1. The first-order valence-electron chi connectivity index (χ1n) is 7.95. The Balaban J connectivity index is 2.33. The highest BCUT2D eigenvalue weighted by Crippen LogP contribution is 2.26. The van der Waals surface area contributed by atoms with Crippen LogP contribution in [0.4, 0.5) is 0 Å². The van der Waals surface area contributed by atoms with E-state index in [9.17, 15) is 13.2 Å². The fourth-order valence-electron chi connectivity index (χ4n) is 2.08. The van der Waals surface area contributed by atoms with Crippen molar-refractivity contribution in [3.8, 4) is 11.5 Å². The SMILES string of the molecule is CCOc1ccccc1OCC(=O)NCCCN(CC)S(C)(=O)=O. The van der Waals surface area contributed by atoms with Crippen molar-refractivity contribution >= 4 is 15.9 Å². The zero-order valence-corrected chi connectivity index (χ0v) is 15.3. The number of nitrogens with one attached hydrogen (secondary N) is 1. The Kier molecular flexibility index (Phi) is 8.56. The minimum absolute atomic E-state index is 0.117. The molecule has 0 aliphatic carbocycles. The van der Waals surface area contributed by atoms with Gasteiger partial charge in [0.15, 0.2) is 18.1 Å². The van der Waals surface area contributed by atoms with E-state index in [1.54, 1.807) is 25.1 Å². The lowest BCUT2D eigenvalue weighted by Crippen LogP contribution is -2.34. The number of sulfonamides is 1. The summed E-state index contributed by atoms with van der Waals surface area (Å²) in [6.45, 7) is 5.24. The molecular formula is C16H26N2O5S. The summed E-state index contributed by atoms with van der Waals surface area (Å²) in [5.74, 6) is 0.854. The van der Waals surface area contributed by atoms with Crippen molar-refractivity contribution in [3.63, 3.8) is 0 Å². The molecule has 1 aromatic rings. The molecule has 1 amide bonds. The molecule has 0 fully saturated rings. The van der Waals surface area contributed by atoms with Gasteiger partial charge in [-0.05, 0) is 25.5 Å². The third kappa shape index (κ3) is 7.18. The van der Waals surface area contributed by atoms with Crippen LogP contribution in [-0.4, -0.2) is 57.7 Å². The van der Waals surface area contributed by atoms with Crippen LogP contribution in [0.3, 0.4) is 0 Å². The molecule has 0 saturated heterocycles. The molecule has 1 rings (SSSR count). The molecule has 0 saturated carbocycles. The van der Waals surface area contributed by atoms with Crippen molar-refractivity contribution in [2.75, 3.05) is 39.1 Å². The second-order valence-corrected chi connectivity index (χ2v) is 7.11. The van der Waals surface area contributed by atoms with Crippen LogP contribution in [0.1, 0.15) is 20.3 Å².